The van der Waals surface area contributed by atoms with Crippen LogP contribution in [-0.2, 0) is 4.74 Å². The monoisotopic (exact) mass is 188 g/mol. The molecule has 0 aliphatic heterocycles. The molecule has 1 heteroatoms. The van der Waals surface area contributed by atoms with Crippen LogP contribution in [0.5, 0.6) is 0 Å². The summed E-state index contributed by atoms with van der Waals surface area (Å²) in [6.45, 7) is 14.9. The molecule has 0 saturated carbocycles. The van der Waals surface area contributed by atoms with Gasteiger partial charge in [-0.1, -0.05) is 41.5 Å². The van der Waals surface area contributed by atoms with E-state index in [1.54, 1.807) is 0 Å². The summed E-state index contributed by atoms with van der Waals surface area (Å²) in [5, 5.41) is 0. The van der Waals surface area contributed by atoms with Gasteiger partial charge in [0.25, 0.3) is 0 Å². The molecule has 0 bridgehead atoms. The molecule has 13 heavy (non-hydrogen) atoms. The van der Waals surface area contributed by atoms with Gasteiger partial charge in [0, 0.05) is 13.2 Å². The van der Waals surface area contributed by atoms with E-state index in [1.807, 2.05) is 0 Å². The Morgan fingerprint density at radius 3 is 1.69 bits per heavy atom. The molecule has 0 aromatic carbocycles. The summed E-state index contributed by atoms with van der Waals surface area (Å²) in [5.74, 6) is 1.61. The summed E-state index contributed by atoms with van der Waals surface area (Å²) in [4.78, 5) is 0. The van der Waals surface area contributed by atoms with Gasteiger partial charge in [-0.2, -0.15) is 0 Å². The fourth-order valence-corrected chi connectivity index (χ4v) is 0.565. The Morgan fingerprint density at radius 1 is 0.923 bits per heavy atom. The molecular formula is C12H28O. The van der Waals surface area contributed by atoms with Crippen LogP contribution in [0.1, 0.15) is 54.4 Å². The lowest BCUT2D eigenvalue weighted by molar-refractivity contribution is 0.124. The molecule has 0 saturated heterocycles. The number of hydrogen-bond donors (Lipinski definition) is 0. The third-order valence-electron chi connectivity index (χ3n) is 1.19. The first kappa shape index (κ1) is 15.4. The Morgan fingerprint density at radius 2 is 1.38 bits per heavy atom. The highest BCUT2D eigenvalue weighted by molar-refractivity contribution is 4.41. The zero-order valence-electron chi connectivity index (χ0n) is 10.4. The zero-order chi connectivity index (χ0) is 10.7. The Kier molecular flexibility index (Phi) is 14.2. The molecule has 0 aromatic rings. The lowest BCUT2D eigenvalue weighted by Crippen LogP contribution is -1.99. The van der Waals surface area contributed by atoms with E-state index in [9.17, 15) is 0 Å². The van der Waals surface area contributed by atoms with Crippen molar-refractivity contribution in [2.45, 2.75) is 54.4 Å². The van der Waals surface area contributed by atoms with E-state index < -0.39 is 0 Å². The highest BCUT2D eigenvalue weighted by Gasteiger charge is 1.91. The predicted octanol–water partition coefficient (Wildman–Crippen LogP) is 4.12. The van der Waals surface area contributed by atoms with E-state index in [0.717, 1.165) is 31.5 Å². The molecule has 1 nitrogen and oxygen atoms in total. The van der Waals surface area contributed by atoms with Gasteiger partial charge in [-0.15, -0.1) is 0 Å². The van der Waals surface area contributed by atoms with E-state index in [4.69, 9.17) is 4.74 Å². The van der Waals surface area contributed by atoms with Gasteiger partial charge in [0.15, 0.2) is 0 Å². The summed E-state index contributed by atoms with van der Waals surface area (Å²) in [6.07, 6.45) is 2.33. The smallest absolute Gasteiger partial charge is 0.0468 e. The molecule has 0 N–H and O–H groups in total. The van der Waals surface area contributed by atoms with Gasteiger partial charge in [-0.25, -0.2) is 0 Å². The van der Waals surface area contributed by atoms with Crippen LogP contribution in [0.25, 0.3) is 0 Å². The maximum absolute atomic E-state index is 5.29. The summed E-state index contributed by atoms with van der Waals surface area (Å²) < 4.78 is 5.29. The molecule has 0 fully saturated rings. The van der Waals surface area contributed by atoms with Crippen molar-refractivity contribution in [3.05, 3.63) is 0 Å². The molecule has 0 unspecified atom stereocenters. The molecule has 0 aliphatic carbocycles. The van der Waals surface area contributed by atoms with Gasteiger partial charge in [0.1, 0.15) is 0 Å². The fourth-order valence-electron chi connectivity index (χ4n) is 0.565. The summed E-state index contributed by atoms with van der Waals surface area (Å²) in [7, 11) is 0. The molecule has 0 amide bonds. The maximum atomic E-state index is 5.29. The molecule has 0 atom stereocenters. The first-order chi connectivity index (χ1) is 6.00. The van der Waals surface area contributed by atoms with Crippen LogP contribution >= 0.6 is 0 Å². The quantitative estimate of drug-likeness (QED) is 0.590. The average Bonchev–Trinajstić information content (AvgIpc) is 1.97. The molecule has 0 rings (SSSR count). The largest absolute Gasteiger partial charge is 0.381 e. The van der Waals surface area contributed by atoms with Gasteiger partial charge in [0.2, 0.25) is 0 Å². The number of ether oxygens (including phenoxy) is 1. The van der Waals surface area contributed by atoms with Crippen molar-refractivity contribution in [3.8, 4) is 0 Å². The number of hydrogen-bond acceptors (Lipinski definition) is 1. The zero-order valence-corrected chi connectivity index (χ0v) is 10.4. The van der Waals surface area contributed by atoms with E-state index in [0.29, 0.717) is 0 Å². The Balaban J connectivity index is 0. The van der Waals surface area contributed by atoms with Crippen LogP contribution in [-0.4, -0.2) is 13.2 Å². The van der Waals surface area contributed by atoms with Gasteiger partial charge >= 0.3 is 0 Å². The summed E-state index contributed by atoms with van der Waals surface area (Å²) in [6, 6.07) is 0. The molecule has 0 aliphatic rings. The molecule has 0 radical (unpaired) electrons. The third-order valence-corrected chi connectivity index (χ3v) is 1.19. The fraction of sp³-hybridized carbons (Fsp3) is 1.00. The van der Waals surface area contributed by atoms with Crippen molar-refractivity contribution in [2.75, 3.05) is 13.2 Å². The van der Waals surface area contributed by atoms with Crippen molar-refractivity contribution < 1.29 is 4.74 Å². The Labute approximate surface area is 84.9 Å². The summed E-state index contributed by atoms with van der Waals surface area (Å²) >= 11 is 0. The SMILES string of the molecule is CC(C)C.CCCOCCC(C)C. The van der Waals surface area contributed by atoms with Crippen LogP contribution < -0.4 is 0 Å². The first-order valence-corrected chi connectivity index (χ1v) is 5.58. The third kappa shape index (κ3) is 33.4. The second-order valence-electron chi connectivity index (χ2n) is 4.53. The van der Waals surface area contributed by atoms with Crippen LogP contribution in [0.2, 0.25) is 0 Å². The van der Waals surface area contributed by atoms with Crippen molar-refractivity contribution in [2.24, 2.45) is 11.8 Å². The molecule has 0 aromatic heterocycles. The minimum Gasteiger partial charge on any atom is -0.381 e. The number of rotatable bonds is 5. The van der Waals surface area contributed by atoms with Crippen molar-refractivity contribution in [1.82, 2.24) is 0 Å². The van der Waals surface area contributed by atoms with E-state index >= 15 is 0 Å². The highest BCUT2D eigenvalue weighted by atomic mass is 16.5. The van der Waals surface area contributed by atoms with Gasteiger partial charge in [0.05, 0.1) is 0 Å². The lowest BCUT2D eigenvalue weighted by atomic mass is 10.1. The van der Waals surface area contributed by atoms with Gasteiger partial charge in [-0.3, -0.25) is 0 Å². The second-order valence-corrected chi connectivity index (χ2v) is 4.53. The van der Waals surface area contributed by atoms with E-state index in [1.165, 1.54) is 6.42 Å². The van der Waals surface area contributed by atoms with E-state index in [2.05, 4.69) is 41.5 Å². The van der Waals surface area contributed by atoms with Crippen molar-refractivity contribution in [3.63, 3.8) is 0 Å². The Hall–Kier alpha value is -0.0400. The topological polar surface area (TPSA) is 9.23 Å². The van der Waals surface area contributed by atoms with Crippen LogP contribution in [0.4, 0.5) is 0 Å². The summed E-state index contributed by atoms with van der Waals surface area (Å²) in [5.41, 5.74) is 0. The molecule has 82 valence electrons. The second kappa shape index (κ2) is 12.0. The van der Waals surface area contributed by atoms with Gasteiger partial charge < -0.3 is 4.74 Å². The molecule has 0 heterocycles. The minimum atomic E-state index is 0.779. The maximum Gasteiger partial charge on any atom is 0.0468 e. The predicted molar refractivity (Wildman–Crippen MR) is 61.1 cm³/mol. The minimum absolute atomic E-state index is 0.779. The normalized spacial score (nSPS) is 10.2. The van der Waals surface area contributed by atoms with E-state index in [-0.39, 0.29) is 0 Å². The van der Waals surface area contributed by atoms with Gasteiger partial charge in [-0.05, 0) is 24.7 Å². The standard InChI is InChI=1S/C8H18O.C4H10/c1-4-6-9-7-5-8(2)3;1-4(2)3/h8H,4-7H2,1-3H3;4H,1-3H3. The lowest BCUT2D eigenvalue weighted by Gasteiger charge is -2.03. The molecule has 0 spiro atoms. The van der Waals surface area contributed by atoms with Crippen molar-refractivity contribution >= 4 is 0 Å². The van der Waals surface area contributed by atoms with Crippen LogP contribution in [0.15, 0.2) is 0 Å². The molecular weight excluding hydrogens is 160 g/mol. The highest BCUT2D eigenvalue weighted by Crippen LogP contribution is 1.98. The Bertz CT molecular complexity index is 74.4. The van der Waals surface area contributed by atoms with Crippen LogP contribution in [0, 0.1) is 11.8 Å². The average molecular weight is 188 g/mol. The van der Waals surface area contributed by atoms with Crippen LogP contribution in [0.3, 0.4) is 0 Å². The first-order valence-electron chi connectivity index (χ1n) is 5.58. The van der Waals surface area contributed by atoms with Crippen molar-refractivity contribution in [1.29, 1.82) is 0 Å².